The van der Waals surface area contributed by atoms with Crippen molar-refractivity contribution >= 4 is 58.4 Å². The summed E-state index contributed by atoms with van der Waals surface area (Å²) in [7, 11) is 0. The highest BCUT2D eigenvalue weighted by atomic mass is 35.5. The van der Waals surface area contributed by atoms with Gasteiger partial charge in [-0.3, -0.25) is 9.79 Å². The van der Waals surface area contributed by atoms with Crippen LogP contribution in [0.15, 0.2) is 52.6 Å². The molecular formula is C18H13Cl2N3O3. The summed E-state index contributed by atoms with van der Waals surface area (Å²) in [5.74, 6) is -2.20. The van der Waals surface area contributed by atoms with Crippen LogP contribution in [0.25, 0.3) is 0 Å². The van der Waals surface area contributed by atoms with Gasteiger partial charge in [0.15, 0.2) is 0 Å². The summed E-state index contributed by atoms with van der Waals surface area (Å²) in [6.45, 7) is 1.71. The fourth-order valence-corrected chi connectivity index (χ4v) is 3.06. The first kappa shape index (κ1) is 18.1. The molecule has 2 aromatic carbocycles. The van der Waals surface area contributed by atoms with E-state index < -0.39 is 11.9 Å². The Hall–Kier alpha value is -2.70. The van der Waals surface area contributed by atoms with Crippen molar-refractivity contribution in [3.63, 3.8) is 0 Å². The maximum absolute atomic E-state index is 12.6. The molecule has 1 atom stereocenters. The van der Waals surface area contributed by atoms with Crippen molar-refractivity contribution in [2.45, 2.75) is 6.92 Å². The largest absolute Gasteiger partial charge is 0.478 e. The maximum Gasteiger partial charge on any atom is 0.338 e. The number of benzene rings is 2. The van der Waals surface area contributed by atoms with Crippen LogP contribution in [0.4, 0.5) is 11.4 Å². The van der Waals surface area contributed by atoms with Gasteiger partial charge in [0, 0.05) is 11.2 Å². The zero-order valence-electron chi connectivity index (χ0n) is 13.6. The molecule has 0 bridgehead atoms. The SMILES string of the molecule is CC1=NN(c2ccccc2)C(=O)C1/C=N/c1c(Cl)cc(Cl)cc1C(=O)O. The molecule has 1 unspecified atom stereocenters. The molecule has 1 amide bonds. The second kappa shape index (κ2) is 7.27. The predicted molar refractivity (Wildman–Crippen MR) is 102 cm³/mol. The average molecular weight is 390 g/mol. The van der Waals surface area contributed by atoms with Crippen molar-refractivity contribution in [1.82, 2.24) is 0 Å². The van der Waals surface area contributed by atoms with E-state index in [9.17, 15) is 14.7 Å². The van der Waals surface area contributed by atoms with Crippen LogP contribution in [0.5, 0.6) is 0 Å². The Bertz CT molecular complexity index is 942. The molecule has 1 aliphatic heterocycles. The van der Waals surface area contributed by atoms with E-state index in [0.29, 0.717) is 11.4 Å². The molecule has 1 N–H and O–H groups in total. The van der Waals surface area contributed by atoms with Gasteiger partial charge in [-0.2, -0.15) is 10.1 Å². The van der Waals surface area contributed by atoms with E-state index in [1.165, 1.54) is 23.4 Å². The highest BCUT2D eigenvalue weighted by molar-refractivity contribution is 6.37. The van der Waals surface area contributed by atoms with Gasteiger partial charge in [-0.25, -0.2) is 4.79 Å². The lowest BCUT2D eigenvalue weighted by molar-refractivity contribution is -0.118. The van der Waals surface area contributed by atoms with Crippen LogP contribution in [-0.2, 0) is 4.79 Å². The first-order chi connectivity index (χ1) is 12.4. The minimum absolute atomic E-state index is 0.0438. The normalized spacial score (nSPS) is 17.0. The fraction of sp³-hybridized carbons (Fsp3) is 0.111. The number of hydrogen-bond acceptors (Lipinski definition) is 4. The summed E-state index contributed by atoms with van der Waals surface area (Å²) in [5, 5.41) is 15.2. The number of aromatic carboxylic acids is 1. The molecule has 0 saturated carbocycles. The van der Waals surface area contributed by atoms with E-state index in [1.54, 1.807) is 19.1 Å². The van der Waals surface area contributed by atoms with Crippen molar-refractivity contribution < 1.29 is 14.7 Å². The Morgan fingerprint density at radius 2 is 1.96 bits per heavy atom. The van der Waals surface area contributed by atoms with Crippen molar-refractivity contribution in [2.75, 3.05) is 5.01 Å². The molecule has 132 valence electrons. The minimum Gasteiger partial charge on any atom is -0.478 e. The Morgan fingerprint density at radius 1 is 1.27 bits per heavy atom. The number of hydrazone groups is 1. The second-order valence-electron chi connectivity index (χ2n) is 5.57. The van der Waals surface area contributed by atoms with Crippen molar-refractivity contribution in [3.05, 3.63) is 58.1 Å². The van der Waals surface area contributed by atoms with Gasteiger partial charge in [-0.05, 0) is 31.2 Å². The number of anilines is 1. The number of hydrogen-bond donors (Lipinski definition) is 1. The first-order valence-electron chi connectivity index (χ1n) is 7.59. The third-order valence-corrected chi connectivity index (χ3v) is 4.30. The van der Waals surface area contributed by atoms with Gasteiger partial charge < -0.3 is 5.11 Å². The smallest absolute Gasteiger partial charge is 0.338 e. The van der Waals surface area contributed by atoms with E-state index >= 15 is 0 Å². The van der Waals surface area contributed by atoms with Crippen molar-refractivity contribution in [1.29, 1.82) is 0 Å². The van der Waals surface area contributed by atoms with Gasteiger partial charge in [-0.1, -0.05) is 41.4 Å². The fourth-order valence-electron chi connectivity index (χ4n) is 2.51. The number of aliphatic imine (C=N–C) groups is 1. The molecular weight excluding hydrogens is 377 g/mol. The quantitative estimate of drug-likeness (QED) is 0.784. The molecule has 3 rings (SSSR count). The molecule has 0 saturated heterocycles. The van der Waals surface area contributed by atoms with Crippen LogP contribution in [0.1, 0.15) is 17.3 Å². The second-order valence-corrected chi connectivity index (χ2v) is 6.42. The van der Waals surface area contributed by atoms with Crippen molar-refractivity contribution in [2.24, 2.45) is 16.0 Å². The lowest BCUT2D eigenvalue weighted by Crippen LogP contribution is -2.27. The summed E-state index contributed by atoms with van der Waals surface area (Å²) in [6.07, 6.45) is 1.35. The molecule has 0 aliphatic carbocycles. The first-order valence-corrected chi connectivity index (χ1v) is 8.34. The molecule has 2 aromatic rings. The predicted octanol–water partition coefficient (Wildman–Crippen LogP) is 4.43. The molecule has 26 heavy (non-hydrogen) atoms. The molecule has 0 radical (unpaired) electrons. The number of carboxylic acid groups (broad SMARTS) is 1. The third-order valence-electron chi connectivity index (χ3n) is 3.79. The number of amides is 1. The van der Waals surface area contributed by atoms with Crippen LogP contribution in [0.3, 0.4) is 0 Å². The van der Waals surface area contributed by atoms with E-state index in [2.05, 4.69) is 10.1 Å². The number of para-hydroxylation sites is 1. The van der Waals surface area contributed by atoms with Gasteiger partial charge in [0.05, 0.1) is 27.7 Å². The zero-order valence-corrected chi connectivity index (χ0v) is 15.1. The number of carbonyl (C=O) groups excluding carboxylic acids is 1. The van der Waals surface area contributed by atoms with Crippen molar-refractivity contribution in [3.8, 4) is 0 Å². The van der Waals surface area contributed by atoms with E-state index in [-0.39, 0.29) is 27.2 Å². The topological polar surface area (TPSA) is 82.3 Å². The van der Waals surface area contributed by atoms with E-state index in [4.69, 9.17) is 23.2 Å². The zero-order chi connectivity index (χ0) is 18.8. The van der Waals surface area contributed by atoms with Crippen LogP contribution in [0.2, 0.25) is 10.0 Å². The van der Waals surface area contributed by atoms with Gasteiger partial charge in [-0.15, -0.1) is 0 Å². The summed E-state index contributed by atoms with van der Waals surface area (Å²) in [6, 6.07) is 11.7. The molecule has 8 heteroatoms. The summed E-state index contributed by atoms with van der Waals surface area (Å²) < 4.78 is 0. The molecule has 1 aliphatic rings. The van der Waals surface area contributed by atoms with E-state index in [1.807, 2.05) is 18.2 Å². The molecule has 0 fully saturated rings. The van der Waals surface area contributed by atoms with Gasteiger partial charge in [0.25, 0.3) is 5.91 Å². The lowest BCUT2D eigenvalue weighted by Gasteiger charge is -2.12. The van der Waals surface area contributed by atoms with E-state index in [0.717, 1.165) is 0 Å². The number of halogens is 2. The minimum atomic E-state index is -1.21. The number of carbonyl (C=O) groups is 2. The lowest BCUT2D eigenvalue weighted by atomic mass is 10.1. The van der Waals surface area contributed by atoms with Gasteiger partial charge in [0.2, 0.25) is 0 Å². The number of rotatable bonds is 4. The highest BCUT2D eigenvalue weighted by Gasteiger charge is 2.33. The Labute approximate surface area is 159 Å². The van der Waals surface area contributed by atoms with Crippen LogP contribution in [0, 0.1) is 5.92 Å². The molecule has 6 nitrogen and oxygen atoms in total. The number of carboxylic acids is 1. The maximum atomic E-state index is 12.6. The highest BCUT2D eigenvalue weighted by Crippen LogP contribution is 2.33. The van der Waals surface area contributed by atoms with Crippen LogP contribution >= 0.6 is 23.2 Å². The van der Waals surface area contributed by atoms with Gasteiger partial charge in [0.1, 0.15) is 5.92 Å². The Morgan fingerprint density at radius 3 is 2.62 bits per heavy atom. The standard InChI is InChI=1S/C18H13Cl2N3O3/c1-10-14(17(24)23(22-10)12-5-3-2-4-6-12)9-21-16-13(18(25)26)7-11(19)8-15(16)20/h2-9,14H,1H3,(H,25,26)/b21-9+. The van der Waals surface area contributed by atoms with Crippen LogP contribution in [-0.4, -0.2) is 28.9 Å². The average Bonchev–Trinajstić information content (AvgIpc) is 2.88. The van der Waals surface area contributed by atoms with Gasteiger partial charge >= 0.3 is 5.97 Å². The van der Waals surface area contributed by atoms with Crippen LogP contribution < -0.4 is 5.01 Å². The number of nitrogens with zero attached hydrogens (tertiary/aromatic N) is 3. The summed E-state index contributed by atoms with van der Waals surface area (Å²) >= 11 is 11.9. The summed E-state index contributed by atoms with van der Waals surface area (Å²) in [5.41, 5.74) is 1.09. The molecule has 1 heterocycles. The molecule has 0 spiro atoms. The Kier molecular flexibility index (Phi) is 5.06. The Balaban J connectivity index is 1.92. The molecule has 0 aromatic heterocycles. The summed E-state index contributed by atoms with van der Waals surface area (Å²) in [4.78, 5) is 28.2. The monoisotopic (exact) mass is 389 g/mol. The third kappa shape index (κ3) is 3.47.